The van der Waals surface area contributed by atoms with Crippen molar-refractivity contribution in [2.45, 2.75) is 13.3 Å². The molecule has 1 N–H and O–H groups in total. The third-order valence-electron chi connectivity index (χ3n) is 5.60. The maximum absolute atomic E-state index is 12.1. The van der Waals surface area contributed by atoms with Crippen molar-refractivity contribution in [3.8, 4) is 5.75 Å². The SMILES string of the molecule is C=CC(=O)Oc1ccccc1/C(=C(\CC)c1ccc2ncsc2c1)c1ccc2[nH]ncc2c1. The van der Waals surface area contributed by atoms with Gasteiger partial charge in [0.15, 0.2) is 0 Å². The number of ether oxygens (including phenoxy) is 1. The molecule has 0 aliphatic heterocycles. The van der Waals surface area contributed by atoms with E-state index in [-0.39, 0.29) is 0 Å². The van der Waals surface area contributed by atoms with Gasteiger partial charge in [-0.05, 0) is 59.0 Å². The van der Waals surface area contributed by atoms with Crippen LogP contribution in [0.5, 0.6) is 5.75 Å². The van der Waals surface area contributed by atoms with E-state index < -0.39 is 5.97 Å². The minimum Gasteiger partial charge on any atom is -0.423 e. The molecule has 6 heteroatoms. The van der Waals surface area contributed by atoms with Gasteiger partial charge in [-0.2, -0.15) is 5.10 Å². The number of carbonyl (C=O) groups is 1. The lowest BCUT2D eigenvalue weighted by Gasteiger charge is -2.19. The molecule has 5 nitrogen and oxygen atoms in total. The minimum atomic E-state index is -0.490. The number of carbonyl (C=O) groups excluding carboxylic acids is 1. The van der Waals surface area contributed by atoms with Gasteiger partial charge in [-0.25, -0.2) is 9.78 Å². The molecule has 0 fully saturated rings. The molecule has 162 valence electrons. The molecular weight excluding hydrogens is 430 g/mol. The fraction of sp³-hybridized carbons (Fsp3) is 0.0741. The van der Waals surface area contributed by atoms with Crippen molar-refractivity contribution in [3.63, 3.8) is 0 Å². The molecule has 0 amide bonds. The van der Waals surface area contributed by atoms with Gasteiger partial charge in [0.2, 0.25) is 0 Å². The van der Waals surface area contributed by atoms with Crippen LogP contribution in [-0.2, 0) is 4.79 Å². The Morgan fingerprint density at radius 3 is 2.82 bits per heavy atom. The summed E-state index contributed by atoms with van der Waals surface area (Å²) >= 11 is 1.62. The van der Waals surface area contributed by atoms with Gasteiger partial charge in [-0.1, -0.05) is 43.8 Å². The Labute approximate surface area is 195 Å². The molecular formula is C27H21N3O2S. The summed E-state index contributed by atoms with van der Waals surface area (Å²) < 4.78 is 6.77. The lowest BCUT2D eigenvalue weighted by Crippen LogP contribution is -2.06. The number of para-hydroxylation sites is 1. The summed E-state index contributed by atoms with van der Waals surface area (Å²) in [6.45, 7) is 5.68. The van der Waals surface area contributed by atoms with Crippen molar-refractivity contribution in [1.82, 2.24) is 15.2 Å². The summed E-state index contributed by atoms with van der Waals surface area (Å²) in [5.74, 6) is 0.00530. The highest BCUT2D eigenvalue weighted by atomic mass is 32.1. The van der Waals surface area contributed by atoms with Gasteiger partial charge in [0, 0.05) is 17.0 Å². The zero-order valence-electron chi connectivity index (χ0n) is 18.0. The highest BCUT2D eigenvalue weighted by Gasteiger charge is 2.19. The van der Waals surface area contributed by atoms with Crippen molar-refractivity contribution in [1.29, 1.82) is 0 Å². The summed E-state index contributed by atoms with van der Waals surface area (Å²) in [5, 5.41) is 8.19. The van der Waals surface area contributed by atoms with E-state index in [0.717, 1.165) is 55.4 Å². The Morgan fingerprint density at radius 2 is 1.97 bits per heavy atom. The Morgan fingerprint density at radius 1 is 1.12 bits per heavy atom. The summed E-state index contributed by atoms with van der Waals surface area (Å²) in [6, 6.07) is 20.2. The second-order valence-corrected chi connectivity index (χ2v) is 8.42. The van der Waals surface area contributed by atoms with Crippen LogP contribution >= 0.6 is 11.3 Å². The Hall–Kier alpha value is -4.03. The van der Waals surface area contributed by atoms with Crippen LogP contribution in [-0.4, -0.2) is 21.2 Å². The number of H-pyrrole nitrogens is 1. The first-order valence-electron chi connectivity index (χ1n) is 10.6. The average molecular weight is 452 g/mol. The quantitative estimate of drug-likeness (QED) is 0.136. The van der Waals surface area contributed by atoms with Crippen LogP contribution in [0.3, 0.4) is 0 Å². The van der Waals surface area contributed by atoms with Gasteiger partial charge < -0.3 is 4.74 Å². The zero-order valence-corrected chi connectivity index (χ0v) is 18.9. The molecule has 0 saturated heterocycles. The predicted octanol–water partition coefficient (Wildman–Crippen LogP) is 6.63. The first-order chi connectivity index (χ1) is 16.2. The number of fused-ring (bicyclic) bond motifs is 2. The van der Waals surface area contributed by atoms with Crippen LogP contribution in [0.4, 0.5) is 0 Å². The molecule has 0 aliphatic rings. The number of hydrogen-bond donors (Lipinski definition) is 1. The van der Waals surface area contributed by atoms with E-state index >= 15 is 0 Å². The molecule has 2 aromatic heterocycles. The van der Waals surface area contributed by atoms with E-state index in [2.05, 4.69) is 59.0 Å². The fourth-order valence-corrected chi connectivity index (χ4v) is 4.79. The molecule has 5 rings (SSSR count). The van der Waals surface area contributed by atoms with Crippen LogP contribution in [0.2, 0.25) is 0 Å². The maximum Gasteiger partial charge on any atom is 0.335 e. The number of nitrogens with one attached hydrogen (secondary N) is 1. The number of aromatic amines is 1. The number of nitrogens with zero attached hydrogens (tertiary/aromatic N) is 2. The molecule has 0 aliphatic carbocycles. The van der Waals surface area contributed by atoms with Crippen LogP contribution in [0.1, 0.15) is 30.0 Å². The zero-order chi connectivity index (χ0) is 22.8. The molecule has 0 spiro atoms. The highest BCUT2D eigenvalue weighted by molar-refractivity contribution is 7.16. The number of hydrogen-bond acceptors (Lipinski definition) is 5. The van der Waals surface area contributed by atoms with Gasteiger partial charge in [-0.3, -0.25) is 5.10 Å². The topological polar surface area (TPSA) is 67.9 Å². The van der Waals surface area contributed by atoms with Crippen LogP contribution in [0.15, 0.2) is 85.0 Å². The van der Waals surface area contributed by atoms with E-state index in [9.17, 15) is 4.79 Å². The third-order valence-corrected chi connectivity index (χ3v) is 6.39. The van der Waals surface area contributed by atoms with Crippen LogP contribution in [0, 0.1) is 0 Å². The molecule has 33 heavy (non-hydrogen) atoms. The van der Waals surface area contributed by atoms with Gasteiger partial charge in [0.05, 0.1) is 27.4 Å². The van der Waals surface area contributed by atoms with Crippen molar-refractivity contribution in [2.24, 2.45) is 0 Å². The first-order valence-corrected chi connectivity index (χ1v) is 11.5. The Bertz CT molecular complexity index is 1530. The van der Waals surface area contributed by atoms with Gasteiger partial charge in [0.1, 0.15) is 5.75 Å². The van der Waals surface area contributed by atoms with Crippen molar-refractivity contribution < 1.29 is 9.53 Å². The molecule has 0 radical (unpaired) electrons. The first kappa shape index (κ1) is 20.8. The molecule has 0 unspecified atom stereocenters. The number of aromatic nitrogens is 3. The summed E-state index contributed by atoms with van der Waals surface area (Å²) in [4.78, 5) is 16.5. The lowest BCUT2D eigenvalue weighted by atomic mass is 9.87. The Balaban J connectivity index is 1.80. The van der Waals surface area contributed by atoms with Gasteiger partial charge in [-0.15, -0.1) is 11.3 Å². The summed E-state index contributed by atoms with van der Waals surface area (Å²) in [5.41, 5.74) is 8.95. The minimum absolute atomic E-state index is 0.490. The molecule has 5 aromatic rings. The van der Waals surface area contributed by atoms with Gasteiger partial charge in [0.25, 0.3) is 0 Å². The maximum atomic E-state index is 12.1. The Kier molecular flexibility index (Phi) is 5.59. The predicted molar refractivity (Wildman–Crippen MR) is 134 cm³/mol. The second-order valence-electron chi connectivity index (χ2n) is 7.54. The molecule has 0 bridgehead atoms. The molecule has 2 heterocycles. The number of benzene rings is 3. The van der Waals surface area contributed by atoms with Crippen molar-refractivity contribution >= 4 is 49.6 Å². The number of thiazole rings is 1. The second kappa shape index (κ2) is 8.84. The van der Waals surface area contributed by atoms with Crippen LogP contribution < -0.4 is 4.74 Å². The normalized spacial score (nSPS) is 12.0. The standard InChI is InChI=1S/C27H21N3O2S/c1-3-20(17-9-12-23-25(14-17)33-16-28-23)27(18-10-11-22-19(13-18)15-29-30-22)21-7-5-6-8-24(21)32-26(31)4-2/h4-16H,2-3H2,1H3,(H,29,30)/b27-20+. The van der Waals surface area contributed by atoms with E-state index in [4.69, 9.17) is 4.74 Å². The number of allylic oxidation sites excluding steroid dienone is 1. The monoisotopic (exact) mass is 451 g/mol. The van der Waals surface area contributed by atoms with Crippen molar-refractivity contribution in [2.75, 3.05) is 0 Å². The van der Waals surface area contributed by atoms with Crippen LogP contribution in [0.25, 0.3) is 32.3 Å². The summed E-state index contributed by atoms with van der Waals surface area (Å²) in [7, 11) is 0. The lowest BCUT2D eigenvalue weighted by molar-refractivity contribution is -0.128. The largest absolute Gasteiger partial charge is 0.423 e. The average Bonchev–Trinajstić information content (AvgIpc) is 3.51. The van der Waals surface area contributed by atoms with E-state index in [1.165, 1.54) is 6.08 Å². The smallest absolute Gasteiger partial charge is 0.335 e. The van der Waals surface area contributed by atoms with Gasteiger partial charge >= 0.3 is 5.97 Å². The molecule has 0 atom stereocenters. The van der Waals surface area contributed by atoms with E-state index in [1.54, 1.807) is 11.3 Å². The molecule has 3 aromatic carbocycles. The van der Waals surface area contributed by atoms with E-state index in [1.807, 2.05) is 42.0 Å². The fourth-order valence-electron chi connectivity index (χ4n) is 4.07. The van der Waals surface area contributed by atoms with E-state index in [0.29, 0.717) is 5.75 Å². The number of esters is 1. The summed E-state index contributed by atoms with van der Waals surface area (Å²) in [6.07, 6.45) is 3.78. The number of rotatable bonds is 6. The highest BCUT2D eigenvalue weighted by Crippen LogP contribution is 2.40. The molecule has 0 saturated carbocycles. The van der Waals surface area contributed by atoms with Crippen molar-refractivity contribution in [3.05, 3.63) is 102 Å². The third kappa shape index (κ3) is 3.97.